The molecule has 0 saturated carbocycles. The molecule has 2 rings (SSSR count). The van der Waals surface area contributed by atoms with Crippen molar-refractivity contribution in [1.29, 1.82) is 0 Å². The summed E-state index contributed by atoms with van der Waals surface area (Å²) in [5.41, 5.74) is 0.137. The first-order chi connectivity index (χ1) is 9.25. The van der Waals surface area contributed by atoms with Gasteiger partial charge in [-0.25, -0.2) is 0 Å². The number of hydrogen-bond acceptors (Lipinski definition) is 2. The van der Waals surface area contributed by atoms with E-state index in [0.29, 0.717) is 0 Å². The average molecular weight is 389 g/mol. The normalized spacial score (nSPS) is 15.0. The van der Waals surface area contributed by atoms with Crippen molar-refractivity contribution in [2.24, 2.45) is 0 Å². The van der Waals surface area contributed by atoms with Gasteiger partial charge < -0.3 is 0 Å². The zero-order chi connectivity index (χ0) is 16.6. The number of hydrogen-bond donors (Lipinski definition) is 0. The molecule has 0 spiro atoms. The van der Waals surface area contributed by atoms with Crippen LogP contribution in [0.2, 0.25) is 0 Å². The fourth-order valence-electron chi connectivity index (χ4n) is 0.870. The van der Waals surface area contributed by atoms with E-state index >= 15 is 0 Å². The molecule has 0 fully saturated rings. The fraction of sp³-hybridized carbons (Fsp3) is 0. The second-order valence-corrected chi connectivity index (χ2v) is 5.43. The van der Waals surface area contributed by atoms with Crippen LogP contribution < -0.4 is 0 Å². The number of nitrogens with zero attached hydrogens (tertiary/aromatic N) is 1. The Kier molecular flexibility index (Phi) is 8.08. The molecule has 1 aliphatic rings. The van der Waals surface area contributed by atoms with Crippen molar-refractivity contribution in [3.05, 3.63) is 71.2 Å². The van der Waals surface area contributed by atoms with Crippen molar-refractivity contribution in [1.82, 2.24) is 0 Å². The zero-order valence-corrected chi connectivity index (χ0v) is 12.6. The Morgan fingerprint density at radius 2 is 1.18 bits per heavy atom. The van der Waals surface area contributed by atoms with Gasteiger partial charge in [-0.3, -0.25) is 10.1 Å². The monoisotopic (exact) mass is 389 g/mol. The van der Waals surface area contributed by atoms with Crippen LogP contribution in [-0.2, 0) is 17.1 Å². The van der Waals surface area contributed by atoms with Gasteiger partial charge in [-0.1, -0.05) is 42.5 Å². The number of benzene rings is 1. The van der Waals surface area contributed by atoms with E-state index < -0.39 is 12.7 Å². The van der Waals surface area contributed by atoms with E-state index in [1.165, 1.54) is 12.1 Å². The smallest absolute Gasteiger partial charge is 0.258 e. The number of halogens is 6. The molecule has 1 aromatic rings. The van der Waals surface area contributed by atoms with E-state index in [9.17, 15) is 35.3 Å². The van der Waals surface area contributed by atoms with E-state index in [1.807, 2.05) is 30.7 Å². The largest absolute Gasteiger partial charge is 0.269 e. The Hall–Kier alpha value is -1.37. The van der Waals surface area contributed by atoms with Crippen LogP contribution in [0.4, 0.5) is 30.9 Å². The van der Waals surface area contributed by atoms with Gasteiger partial charge in [0.25, 0.3) is 5.69 Å². The number of rotatable bonds is 1. The minimum absolute atomic E-state index is 0. The maximum atomic E-state index is 10.0. The molecule has 1 aliphatic carbocycles. The second-order valence-electron chi connectivity index (χ2n) is 3.51. The molecule has 3 nitrogen and oxygen atoms in total. The molecule has 0 bridgehead atoms. The first kappa shape index (κ1) is 22.9. The molecule has 0 saturated heterocycles. The number of non-ortho nitro benzene ring substituents is 1. The van der Waals surface area contributed by atoms with E-state index in [0.717, 1.165) is 0 Å². The van der Waals surface area contributed by atoms with Crippen molar-refractivity contribution in [2.45, 2.75) is 0 Å². The van der Waals surface area contributed by atoms with Crippen molar-refractivity contribution in [3.8, 4) is 0 Å². The first-order valence-corrected chi connectivity index (χ1v) is 7.21. The predicted octanol–water partition coefficient (Wildman–Crippen LogP) is 6.29. The summed E-state index contributed by atoms with van der Waals surface area (Å²) >= 11 is 0. The van der Waals surface area contributed by atoms with Gasteiger partial charge in [0, 0.05) is 35.6 Å². The third kappa shape index (κ3) is 23.7. The molecule has 22 heavy (non-hydrogen) atoms. The average Bonchev–Trinajstić information content (AvgIpc) is 2.84. The van der Waals surface area contributed by atoms with Crippen LogP contribution in [0.25, 0.3) is 0 Å². The number of allylic oxidation sites excluding steroid dienone is 4. The number of nitro groups is 1. The molecular formula is C11H10F6FeNO2P-. The van der Waals surface area contributed by atoms with Crippen molar-refractivity contribution < 1.29 is 47.2 Å². The van der Waals surface area contributed by atoms with Gasteiger partial charge in [0.15, 0.2) is 0 Å². The molecule has 127 valence electrons. The van der Waals surface area contributed by atoms with E-state index in [2.05, 4.69) is 0 Å². The van der Waals surface area contributed by atoms with Crippen LogP contribution in [0.1, 0.15) is 0 Å². The SMILES string of the molecule is F[P-](F)(F)(F)(F)F.O=[N+]([O-])c1ccccc1.[CH]1C=CC=C1.[Fe]. The summed E-state index contributed by atoms with van der Waals surface area (Å²) in [4.78, 5) is 9.59. The maximum Gasteiger partial charge on any atom is 0.269 e. The van der Waals surface area contributed by atoms with E-state index in [-0.39, 0.29) is 22.8 Å². The molecule has 0 amide bonds. The van der Waals surface area contributed by atoms with Crippen molar-refractivity contribution in [3.63, 3.8) is 0 Å². The Labute approximate surface area is 132 Å². The number of para-hydroxylation sites is 1. The third-order valence-electron chi connectivity index (χ3n) is 1.52. The van der Waals surface area contributed by atoms with Crippen LogP contribution in [0.5, 0.6) is 0 Å². The number of nitro benzene ring substituents is 1. The predicted molar refractivity (Wildman–Crippen MR) is 69.2 cm³/mol. The molecule has 0 atom stereocenters. The molecule has 0 unspecified atom stereocenters. The molecule has 11 heteroatoms. The molecule has 0 aromatic heterocycles. The molecule has 1 aromatic carbocycles. The van der Waals surface area contributed by atoms with Gasteiger partial charge in [0.1, 0.15) is 0 Å². The Balaban J connectivity index is 0. The van der Waals surface area contributed by atoms with E-state index in [1.54, 1.807) is 18.2 Å². The van der Waals surface area contributed by atoms with Crippen LogP contribution >= 0.6 is 7.81 Å². The molecule has 0 aliphatic heterocycles. The Morgan fingerprint density at radius 3 is 1.36 bits per heavy atom. The van der Waals surface area contributed by atoms with Crippen LogP contribution in [0, 0.1) is 16.5 Å². The van der Waals surface area contributed by atoms with Gasteiger partial charge in [0.05, 0.1) is 4.92 Å². The zero-order valence-electron chi connectivity index (χ0n) is 10.6. The maximum absolute atomic E-state index is 10.7. The Bertz CT molecular complexity index is 508. The summed E-state index contributed by atoms with van der Waals surface area (Å²) in [5.74, 6) is 0. The summed E-state index contributed by atoms with van der Waals surface area (Å²) in [6, 6.07) is 7.93. The summed E-state index contributed by atoms with van der Waals surface area (Å²) in [7, 11) is -10.7. The van der Waals surface area contributed by atoms with Gasteiger partial charge in [-0.15, -0.1) is 0 Å². The summed E-state index contributed by atoms with van der Waals surface area (Å²) in [6.07, 6.45) is 10.0. The standard InChI is InChI=1S/C6H5NO2.C5H5.F6P.Fe/c8-7(9)6-4-2-1-3-5-6;1-2-4-5-3-1;1-7(2,3,4,5)6;/h1-5H;1-5H;;/q;;-1;. The van der Waals surface area contributed by atoms with Crippen molar-refractivity contribution >= 4 is 13.5 Å². The van der Waals surface area contributed by atoms with Gasteiger partial charge >= 0.3 is 33.0 Å². The summed E-state index contributed by atoms with van der Waals surface area (Å²) < 4.78 is 59.2. The molecular weight excluding hydrogens is 379 g/mol. The van der Waals surface area contributed by atoms with E-state index in [4.69, 9.17) is 0 Å². The van der Waals surface area contributed by atoms with Crippen LogP contribution in [0.3, 0.4) is 0 Å². The first-order valence-electron chi connectivity index (χ1n) is 5.18. The molecule has 0 N–H and O–H groups in total. The topological polar surface area (TPSA) is 43.1 Å². The van der Waals surface area contributed by atoms with Gasteiger partial charge in [-0.05, 0) is 0 Å². The van der Waals surface area contributed by atoms with Crippen molar-refractivity contribution in [2.75, 3.05) is 0 Å². The van der Waals surface area contributed by atoms with Crippen LogP contribution in [0.15, 0.2) is 54.6 Å². The second kappa shape index (κ2) is 7.76. The minimum atomic E-state index is -10.7. The minimum Gasteiger partial charge on any atom is -0.258 e. The molecule has 0 heterocycles. The third-order valence-corrected chi connectivity index (χ3v) is 1.52. The van der Waals surface area contributed by atoms with Gasteiger partial charge in [0.2, 0.25) is 0 Å². The molecule has 1 radical (unpaired) electrons. The van der Waals surface area contributed by atoms with Crippen LogP contribution in [-0.4, -0.2) is 4.92 Å². The quantitative estimate of drug-likeness (QED) is 0.186. The Morgan fingerprint density at radius 1 is 0.818 bits per heavy atom. The summed E-state index contributed by atoms with van der Waals surface area (Å²) in [6.45, 7) is 0. The van der Waals surface area contributed by atoms with Gasteiger partial charge in [-0.2, -0.15) is 0 Å². The fourth-order valence-corrected chi connectivity index (χ4v) is 0.870. The summed E-state index contributed by atoms with van der Waals surface area (Å²) in [5, 5.41) is 10.0.